The van der Waals surface area contributed by atoms with E-state index in [9.17, 15) is 19.2 Å². The predicted molar refractivity (Wildman–Crippen MR) is 177 cm³/mol. The minimum absolute atomic E-state index is 0.0437. The first-order valence-electron chi connectivity index (χ1n) is 15.0. The Morgan fingerprint density at radius 3 is 2.37 bits per heavy atom. The van der Waals surface area contributed by atoms with Crippen LogP contribution >= 0.6 is 0 Å². The summed E-state index contributed by atoms with van der Waals surface area (Å²) >= 11 is 0. The number of azide groups is 2. The number of hydrogen-bond donors (Lipinski definition) is 5. The van der Waals surface area contributed by atoms with Gasteiger partial charge in [-0.05, 0) is 41.7 Å². The van der Waals surface area contributed by atoms with Crippen molar-refractivity contribution in [3.63, 3.8) is 0 Å². The lowest BCUT2D eigenvalue weighted by Crippen LogP contribution is -2.37. The molecule has 0 aliphatic rings. The molecule has 0 bridgehead atoms. The molecule has 0 unspecified atom stereocenters. The van der Waals surface area contributed by atoms with E-state index in [-0.39, 0.29) is 68.3 Å². The van der Waals surface area contributed by atoms with Crippen molar-refractivity contribution in [2.45, 2.75) is 38.5 Å². The van der Waals surface area contributed by atoms with Crippen molar-refractivity contribution in [3.8, 4) is 0 Å². The van der Waals surface area contributed by atoms with E-state index in [1.807, 2.05) is 0 Å². The van der Waals surface area contributed by atoms with E-state index < -0.39 is 17.7 Å². The number of Topliss-reactive ketones (excluding diaryl/α,β-unsaturated/α-hetero) is 1. The molecule has 0 spiro atoms. The van der Waals surface area contributed by atoms with Gasteiger partial charge in [-0.2, -0.15) is 4.98 Å². The molecule has 0 radical (unpaired) electrons. The number of carbonyl (C=O) groups excluding carboxylic acids is 3. The topological polar surface area (TPSA) is 324 Å². The minimum atomic E-state index is -0.966. The maximum atomic E-state index is 12.6. The van der Waals surface area contributed by atoms with Crippen molar-refractivity contribution >= 4 is 41.0 Å². The van der Waals surface area contributed by atoms with Gasteiger partial charge in [0.05, 0.1) is 38.3 Å². The SMILES string of the molecule is [N-]=[N+]=NCCOCCCC(=O)CC[C@H](NC(=O)c1ccc(NCc2cnc3nc(N)[nH]c(=O)c3n2)cc1)OC=O.[N-]=[N+]=NCCOCCN. The Bertz CT molecular complexity index is 1640. The standard InChI is InChI=1S/C24H28N10O6.C4H10N4O/c25-24-32-21-20(23(38)33-24)30-17(13-28-21)12-27-16-5-3-15(4-6-16)22(37)31-19(40-14-35)8-7-18(36)2-1-10-39-11-9-29-34-26;5-1-3-9-4-2-7-8-6/h3-6,13-14,19,27H,1-2,7-12H2,(H,31,37)(H3,25,28,32,33,38);1-5H2/t19-;/m1./s1. The summed E-state index contributed by atoms with van der Waals surface area (Å²) in [6.45, 7) is 3.22. The summed E-state index contributed by atoms with van der Waals surface area (Å²) in [4.78, 5) is 67.5. The summed E-state index contributed by atoms with van der Waals surface area (Å²) in [6.07, 6.45) is 1.50. The van der Waals surface area contributed by atoms with Crippen LogP contribution in [-0.2, 0) is 30.3 Å². The fourth-order valence-corrected chi connectivity index (χ4v) is 3.84. The van der Waals surface area contributed by atoms with Crippen LogP contribution in [0.1, 0.15) is 41.7 Å². The molecule has 0 aliphatic carbocycles. The van der Waals surface area contributed by atoms with Crippen molar-refractivity contribution in [3.05, 3.63) is 73.0 Å². The summed E-state index contributed by atoms with van der Waals surface area (Å²) < 4.78 is 15.1. The van der Waals surface area contributed by atoms with Crippen LogP contribution in [0.3, 0.4) is 0 Å². The summed E-state index contributed by atoms with van der Waals surface area (Å²) in [5, 5.41) is 12.3. The van der Waals surface area contributed by atoms with E-state index in [1.54, 1.807) is 24.3 Å². The highest BCUT2D eigenvalue weighted by Crippen LogP contribution is 2.13. The van der Waals surface area contributed by atoms with E-state index >= 15 is 0 Å². The van der Waals surface area contributed by atoms with E-state index in [0.717, 1.165) is 0 Å². The number of hydrogen-bond acceptors (Lipinski definition) is 15. The van der Waals surface area contributed by atoms with Crippen LogP contribution in [0, 0.1) is 0 Å². The van der Waals surface area contributed by atoms with Gasteiger partial charge in [-0.25, -0.2) is 9.97 Å². The monoisotopic (exact) mass is 682 g/mol. The smallest absolute Gasteiger partial charge is 0.295 e. The van der Waals surface area contributed by atoms with Gasteiger partial charge in [0.15, 0.2) is 17.4 Å². The molecule has 21 heteroatoms. The third-order valence-corrected chi connectivity index (χ3v) is 6.11. The number of rotatable bonds is 22. The third kappa shape index (κ3) is 16.0. The number of aromatic nitrogens is 4. The van der Waals surface area contributed by atoms with Gasteiger partial charge in [-0.1, -0.05) is 10.2 Å². The predicted octanol–water partition coefficient (Wildman–Crippen LogP) is 1.86. The Labute approximate surface area is 279 Å². The van der Waals surface area contributed by atoms with E-state index in [4.69, 9.17) is 36.7 Å². The van der Waals surface area contributed by atoms with Gasteiger partial charge in [0.2, 0.25) is 5.95 Å². The number of fused-ring (bicyclic) bond motifs is 1. The Balaban J connectivity index is 0.000000811. The lowest BCUT2D eigenvalue weighted by molar-refractivity contribution is -0.135. The van der Waals surface area contributed by atoms with Crippen molar-refractivity contribution in [1.82, 2.24) is 25.3 Å². The molecule has 3 rings (SSSR count). The molecular formula is C28H38N14O7. The molecule has 2 aromatic heterocycles. The van der Waals surface area contributed by atoms with Crippen LogP contribution in [0.25, 0.3) is 32.0 Å². The number of benzene rings is 1. The number of aromatic amines is 1. The van der Waals surface area contributed by atoms with Crippen molar-refractivity contribution in [1.29, 1.82) is 0 Å². The number of nitrogens with two attached hydrogens (primary N) is 2. The van der Waals surface area contributed by atoms with Crippen molar-refractivity contribution in [2.75, 3.05) is 57.1 Å². The minimum Gasteiger partial charge on any atom is -0.444 e. The fourth-order valence-electron chi connectivity index (χ4n) is 3.84. The second-order valence-corrected chi connectivity index (χ2v) is 9.71. The highest BCUT2D eigenvalue weighted by Gasteiger charge is 2.16. The van der Waals surface area contributed by atoms with Crippen molar-refractivity contribution < 1.29 is 28.6 Å². The molecule has 0 fully saturated rings. The quantitative estimate of drug-likeness (QED) is 0.0252. The van der Waals surface area contributed by atoms with Crippen LogP contribution in [-0.4, -0.2) is 90.4 Å². The van der Waals surface area contributed by atoms with Gasteiger partial charge < -0.3 is 36.3 Å². The molecule has 262 valence electrons. The highest BCUT2D eigenvalue weighted by atomic mass is 16.5. The second kappa shape index (κ2) is 23.5. The molecule has 1 amide bonds. The molecule has 1 aromatic carbocycles. The second-order valence-electron chi connectivity index (χ2n) is 9.71. The lowest BCUT2D eigenvalue weighted by Gasteiger charge is -2.17. The zero-order valence-electron chi connectivity index (χ0n) is 26.6. The van der Waals surface area contributed by atoms with E-state index in [2.05, 4.69) is 50.6 Å². The van der Waals surface area contributed by atoms with E-state index in [1.165, 1.54) is 6.20 Å². The summed E-state index contributed by atoms with van der Waals surface area (Å²) in [5.41, 5.74) is 27.8. The zero-order chi connectivity index (χ0) is 35.7. The Hall–Kier alpha value is -5.85. The number of nitrogens with one attached hydrogen (secondary N) is 3. The van der Waals surface area contributed by atoms with Crippen molar-refractivity contribution in [2.24, 2.45) is 16.0 Å². The lowest BCUT2D eigenvalue weighted by atomic mass is 10.1. The van der Waals surface area contributed by atoms with Crippen LogP contribution in [0.4, 0.5) is 11.6 Å². The fraction of sp³-hybridized carbons (Fsp3) is 0.464. The molecular weight excluding hydrogens is 644 g/mol. The molecule has 0 saturated carbocycles. The molecule has 0 saturated heterocycles. The van der Waals surface area contributed by atoms with Gasteiger partial charge in [0.25, 0.3) is 17.9 Å². The molecule has 0 aliphatic heterocycles. The summed E-state index contributed by atoms with van der Waals surface area (Å²) in [7, 11) is 0. The number of nitrogen functional groups attached to an aromatic ring is 1. The third-order valence-electron chi connectivity index (χ3n) is 6.11. The van der Waals surface area contributed by atoms with Crippen LogP contribution < -0.4 is 27.7 Å². The average molecular weight is 683 g/mol. The van der Waals surface area contributed by atoms with Gasteiger partial charge in [-0.15, -0.1) is 0 Å². The summed E-state index contributed by atoms with van der Waals surface area (Å²) in [6, 6.07) is 6.50. The number of H-pyrrole nitrogens is 1. The number of carbonyl (C=O) groups is 3. The van der Waals surface area contributed by atoms with Crippen LogP contribution in [0.5, 0.6) is 0 Å². The number of ether oxygens (including phenoxy) is 3. The number of anilines is 2. The highest BCUT2D eigenvalue weighted by molar-refractivity contribution is 5.94. The normalized spacial score (nSPS) is 10.8. The first-order valence-corrected chi connectivity index (χ1v) is 15.0. The van der Waals surface area contributed by atoms with Gasteiger partial charge in [0, 0.05) is 66.6 Å². The first kappa shape index (κ1) is 39.3. The number of nitrogens with zero attached hydrogens (tertiary/aromatic N) is 9. The Morgan fingerprint density at radius 2 is 1.71 bits per heavy atom. The molecule has 49 heavy (non-hydrogen) atoms. The first-order chi connectivity index (χ1) is 23.8. The number of amides is 1. The largest absolute Gasteiger partial charge is 0.444 e. The molecule has 2 heterocycles. The van der Waals surface area contributed by atoms with Gasteiger partial charge in [0.1, 0.15) is 5.78 Å². The number of ketones is 1. The molecule has 1 atom stereocenters. The molecule has 3 aromatic rings. The molecule has 21 nitrogen and oxygen atoms in total. The van der Waals surface area contributed by atoms with Crippen LogP contribution in [0.15, 0.2) is 45.5 Å². The van der Waals surface area contributed by atoms with Gasteiger partial charge >= 0.3 is 0 Å². The van der Waals surface area contributed by atoms with E-state index in [0.29, 0.717) is 56.3 Å². The average Bonchev–Trinajstić information content (AvgIpc) is 3.10. The van der Waals surface area contributed by atoms with Gasteiger partial charge in [-0.3, -0.25) is 24.2 Å². The zero-order valence-corrected chi connectivity index (χ0v) is 26.6. The maximum Gasteiger partial charge on any atom is 0.295 e. The summed E-state index contributed by atoms with van der Waals surface area (Å²) in [5.74, 6) is -0.590. The van der Waals surface area contributed by atoms with Crippen LogP contribution in [0.2, 0.25) is 0 Å². The Kier molecular flexibility index (Phi) is 18.8. The maximum absolute atomic E-state index is 12.6. The Morgan fingerprint density at radius 1 is 1.02 bits per heavy atom. The molecule has 7 N–H and O–H groups in total.